The van der Waals surface area contributed by atoms with Gasteiger partial charge in [-0.1, -0.05) is 11.6 Å². The van der Waals surface area contributed by atoms with E-state index in [1.165, 1.54) is 11.8 Å². The van der Waals surface area contributed by atoms with Gasteiger partial charge in [0.2, 0.25) is 0 Å². The molecule has 1 aromatic heterocycles. The number of carbonyl (C=O) groups is 1. The van der Waals surface area contributed by atoms with E-state index in [1.54, 1.807) is 6.07 Å². The molecule has 5 nitrogen and oxygen atoms in total. The zero-order valence-electron chi connectivity index (χ0n) is 13.2. The number of aromatic nitrogens is 1. The third kappa shape index (κ3) is 3.85. The Labute approximate surface area is 131 Å². The molecule has 2 rings (SSSR count). The van der Waals surface area contributed by atoms with E-state index in [2.05, 4.69) is 29.8 Å². The van der Waals surface area contributed by atoms with Crippen molar-refractivity contribution in [2.24, 2.45) is 5.41 Å². The van der Waals surface area contributed by atoms with E-state index < -0.39 is 5.97 Å². The first kappa shape index (κ1) is 16.5. The predicted molar refractivity (Wildman–Crippen MR) is 86.2 cm³/mol. The highest BCUT2D eigenvalue weighted by molar-refractivity contribution is 5.86. The fourth-order valence-electron chi connectivity index (χ4n) is 2.94. The molecule has 0 radical (unpaired) electrons. The predicted octanol–water partition coefficient (Wildman–Crippen LogP) is 2.72. The van der Waals surface area contributed by atoms with E-state index in [9.17, 15) is 9.90 Å². The normalized spacial score (nSPS) is 21.5. The average molecular weight is 304 g/mol. The van der Waals surface area contributed by atoms with Gasteiger partial charge in [0, 0.05) is 30.4 Å². The number of carboxylic acid groups (broad SMARTS) is 1. The fourth-order valence-corrected chi connectivity index (χ4v) is 2.94. The molecule has 0 unspecified atom stereocenters. The van der Waals surface area contributed by atoms with Crippen molar-refractivity contribution in [3.05, 3.63) is 35.7 Å². The first-order chi connectivity index (χ1) is 10.5. The summed E-state index contributed by atoms with van der Waals surface area (Å²) in [6.07, 6.45) is 6.53. The summed E-state index contributed by atoms with van der Waals surface area (Å²) in [5.74, 6) is -1.02. The third-order valence-electron chi connectivity index (χ3n) is 4.27. The highest BCUT2D eigenvalue weighted by atomic mass is 16.4. The van der Waals surface area contributed by atoms with Crippen molar-refractivity contribution in [1.82, 2.24) is 4.98 Å². The van der Waals surface area contributed by atoms with Crippen molar-refractivity contribution in [1.29, 1.82) is 0 Å². The summed E-state index contributed by atoms with van der Waals surface area (Å²) in [4.78, 5) is 17.1. The van der Waals surface area contributed by atoms with Crippen molar-refractivity contribution in [2.45, 2.75) is 33.1 Å². The molecule has 1 aliphatic heterocycles. The first-order valence-electron chi connectivity index (χ1n) is 7.64. The smallest absolute Gasteiger partial charge is 0.354 e. The van der Waals surface area contributed by atoms with Gasteiger partial charge in [-0.3, -0.25) is 0 Å². The van der Waals surface area contributed by atoms with Crippen molar-refractivity contribution < 1.29 is 15.0 Å². The number of pyridine rings is 1. The molecule has 5 heteroatoms. The molecule has 1 aromatic rings. The van der Waals surface area contributed by atoms with Crippen LogP contribution in [0.25, 0.3) is 0 Å². The van der Waals surface area contributed by atoms with E-state index in [-0.39, 0.29) is 17.7 Å². The summed E-state index contributed by atoms with van der Waals surface area (Å²) in [5.41, 5.74) is 2.02. The van der Waals surface area contributed by atoms with Gasteiger partial charge < -0.3 is 15.1 Å². The van der Waals surface area contributed by atoms with E-state index in [0.717, 1.165) is 38.0 Å². The molecule has 22 heavy (non-hydrogen) atoms. The van der Waals surface area contributed by atoms with Gasteiger partial charge in [0.15, 0.2) is 0 Å². The Morgan fingerprint density at radius 3 is 2.91 bits per heavy atom. The SMILES string of the molecule is CC(C)=CC[C@]1(CO)CCCN(c2ccnc(C(=O)O)c2)C1. The van der Waals surface area contributed by atoms with Crippen LogP contribution in [-0.4, -0.2) is 40.9 Å². The number of nitrogens with zero attached hydrogens (tertiary/aromatic N) is 2. The Morgan fingerprint density at radius 1 is 1.50 bits per heavy atom. The van der Waals surface area contributed by atoms with Crippen LogP contribution >= 0.6 is 0 Å². The van der Waals surface area contributed by atoms with Gasteiger partial charge in [-0.25, -0.2) is 9.78 Å². The molecular formula is C17H24N2O3. The van der Waals surface area contributed by atoms with E-state index >= 15 is 0 Å². The lowest BCUT2D eigenvalue weighted by Gasteiger charge is -2.42. The number of rotatable bonds is 5. The lowest BCUT2D eigenvalue weighted by Crippen LogP contribution is -2.45. The Hall–Kier alpha value is -1.88. The zero-order chi connectivity index (χ0) is 16.2. The molecule has 0 amide bonds. The summed E-state index contributed by atoms with van der Waals surface area (Å²) < 4.78 is 0. The fraction of sp³-hybridized carbons (Fsp3) is 0.529. The minimum atomic E-state index is -1.02. The van der Waals surface area contributed by atoms with E-state index in [0.29, 0.717) is 0 Å². The highest BCUT2D eigenvalue weighted by Crippen LogP contribution is 2.36. The minimum absolute atomic E-state index is 0.0574. The number of hydrogen-bond donors (Lipinski definition) is 2. The van der Waals surface area contributed by atoms with Crippen molar-refractivity contribution in [2.75, 3.05) is 24.6 Å². The Balaban J connectivity index is 2.20. The Bertz CT molecular complexity index is 567. The molecule has 0 aromatic carbocycles. The average Bonchev–Trinajstić information content (AvgIpc) is 2.53. The number of allylic oxidation sites excluding steroid dienone is 2. The van der Waals surface area contributed by atoms with Crippen LogP contribution in [0.3, 0.4) is 0 Å². The quantitative estimate of drug-likeness (QED) is 0.818. The number of aliphatic hydroxyl groups excluding tert-OH is 1. The Kier molecular flexibility index (Phi) is 5.19. The van der Waals surface area contributed by atoms with E-state index in [1.807, 2.05) is 6.07 Å². The van der Waals surface area contributed by atoms with E-state index in [4.69, 9.17) is 5.11 Å². The lowest BCUT2D eigenvalue weighted by molar-refractivity contribution is 0.0690. The number of anilines is 1. The summed E-state index contributed by atoms with van der Waals surface area (Å²) in [7, 11) is 0. The molecule has 0 spiro atoms. The van der Waals surface area contributed by atoms with Gasteiger partial charge in [0.05, 0.1) is 6.61 Å². The molecule has 1 saturated heterocycles. The molecule has 120 valence electrons. The second-order valence-electron chi connectivity index (χ2n) is 6.37. The second-order valence-corrected chi connectivity index (χ2v) is 6.37. The van der Waals surface area contributed by atoms with Gasteiger partial charge in [0.1, 0.15) is 5.69 Å². The molecule has 1 fully saturated rings. The Morgan fingerprint density at radius 2 is 2.27 bits per heavy atom. The van der Waals surface area contributed by atoms with Crippen LogP contribution in [-0.2, 0) is 0 Å². The maximum Gasteiger partial charge on any atom is 0.354 e. The minimum Gasteiger partial charge on any atom is -0.477 e. The topological polar surface area (TPSA) is 73.7 Å². The summed E-state index contributed by atoms with van der Waals surface area (Å²) in [6.45, 7) is 5.88. The van der Waals surface area contributed by atoms with Gasteiger partial charge in [0.25, 0.3) is 0 Å². The van der Waals surface area contributed by atoms with Crippen molar-refractivity contribution in [3.63, 3.8) is 0 Å². The lowest BCUT2D eigenvalue weighted by atomic mass is 9.77. The van der Waals surface area contributed by atoms with Crippen LogP contribution in [0.2, 0.25) is 0 Å². The molecule has 0 bridgehead atoms. The van der Waals surface area contributed by atoms with Crippen LogP contribution in [0.15, 0.2) is 30.0 Å². The molecule has 1 atom stereocenters. The molecule has 2 N–H and O–H groups in total. The van der Waals surface area contributed by atoms with Crippen LogP contribution in [0.4, 0.5) is 5.69 Å². The van der Waals surface area contributed by atoms with Gasteiger partial charge in [-0.05, 0) is 45.2 Å². The van der Waals surface area contributed by atoms with Gasteiger partial charge in [-0.2, -0.15) is 0 Å². The van der Waals surface area contributed by atoms with Gasteiger partial charge >= 0.3 is 5.97 Å². The summed E-state index contributed by atoms with van der Waals surface area (Å²) in [6, 6.07) is 3.44. The molecule has 0 aliphatic carbocycles. The van der Waals surface area contributed by atoms with Gasteiger partial charge in [-0.15, -0.1) is 0 Å². The highest BCUT2D eigenvalue weighted by Gasteiger charge is 2.34. The summed E-state index contributed by atoms with van der Waals surface area (Å²) in [5, 5.41) is 19.0. The standard InChI is InChI=1S/C17H24N2O3/c1-13(2)4-7-17(12-20)6-3-9-19(11-17)14-5-8-18-15(10-14)16(21)22/h4-5,8,10,20H,3,6-7,9,11-12H2,1-2H3,(H,21,22)/t17-/m1/s1. The van der Waals surface area contributed by atoms with Crippen LogP contribution < -0.4 is 4.90 Å². The largest absolute Gasteiger partial charge is 0.477 e. The number of aliphatic hydroxyl groups is 1. The maximum absolute atomic E-state index is 11.1. The summed E-state index contributed by atoms with van der Waals surface area (Å²) >= 11 is 0. The second kappa shape index (κ2) is 6.92. The number of hydrogen-bond acceptors (Lipinski definition) is 4. The molecular weight excluding hydrogens is 280 g/mol. The molecule has 2 heterocycles. The first-order valence-corrected chi connectivity index (χ1v) is 7.64. The molecule has 0 saturated carbocycles. The van der Waals surface area contributed by atoms with Crippen LogP contribution in [0, 0.1) is 5.41 Å². The maximum atomic E-state index is 11.1. The zero-order valence-corrected chi connectivity index (χ0v) is 13.2. The van der Waals surface area contributed by atoms with Crippen molar-refractivity contribution >= 4 is 11.7 Å². The monoisotopic (exact) mass is 304 g/mol. The van der Waals surface area contributed by atoms with Crippen LogP contribution in [0.1, 0.15) is 43.6 Å². The van der Waals surface area contributed by atoms with Crippen molar-refractivity contribution in [3.8, 4) is 0 Å². The molecule has 1 aliphatic rings. The third-order valence-corrected chi connectivity index (χ3v) is 4.27. The number of carboxylic acids is 1. The number of aromatic carboxylic acids is 1. The number of piperidine rings is 1. The van der Waals surface area contributed by atoms with Crippen LogP contribution in [0.5, 0.6) is 0 Å².